The Morgan fingerprint density at radius 3 is 3.18 bits per heavy atom. The number of nitrogens with one attached hydrogen (secondary N) is 1. The van der Waals surface area contributed by atoms with E-state index in [4.69, 9.17) is 0 Å². The number of carbonyl (C=O) groups is 1. The van der Waals surface area contributed by atoms with E-state index in [9.17, 15) is 4.79 Å². The molecular weight excluding hydrogens is 138 g/mol. The van der Waals surface area contributed by atoms with Gasteiger partial charge in [-0.3, -0.25) is 4.79 Å². The number of Topliss-reactive ketones (excluding diaryl/α,β-unsaturated/α-hetero) is 1. The van der Waals surface area contributed by atoms with Gasteiger partial charge < -0.3 is 5.32 Å². The van der Waals surface area contributed by atoms with E-state index in [1.165, 1.54) is 5.57 Å². The molecule has 1 aliphatic carbocycles. The summed E-state index contributed by atoms with van der Waals surface area (Å²) in [5, 5.41) is 3.16. The molecule has 0 unspecified atom stereocenters. The van der Waals surface area contributed by atoms with Gasteiger partial charge in [-0.15, -0.1) is 0 Å². The second kappa shape index (κ2) is 2.53. The van der Waals surface area contributed by atoms with E-state index >= 15 is 0 Å². The lowest BCUT2D eigenvalue weighted by molar-refractivity contribution is -0.115. The van der Waals surface area contributed by atoms with Crippen LogP contribution in [-0.2, 0) is 4.79 Å². The quantitative estimate of drug-likeness (QED) is 0.560. The van der Waals surface area contributed by atoms with E-state index in [1.807, 2.05) is 0 Å². The summed E-state index contributed by atoms with van der Waals surface area (Å²) in [7, 11) is 0. The van der Waals surface area contributed by atoms with Gasteiger partial charge in [-0.25, -0.2) is 0 Å². The van der Waals surface area contributed by atoms with Crippen molar-refractivity contribution in [2.24, 2.45) is 0 Å². The van der Waals surface area contributed by atoms with E-state index in [2.05, 4.69) is 17.5 Å². The topological polar surface area (TPSA) is 29.1 Å². The van der Waals surface area contributed by atoms with Gasteiger partial charge in [0.15, 0.2) is 5.78 Å². The fraction of sp³-hybridized carbons (Fsp3) is 0.444. The standard InChI is InChI=1S/C9H11NO/c11-8-5-4-7-3-1-2-6-10-9(7)8/h1,3,10H,2,4-6H2. The van der Waals surface area contributed by atoms with Gasteiger partial charge in [0.2, 0.25) is 0 Å². The van der Waals surface area contributed by atoms with Crippen LogP contribution in [-0.4, -0.2) is 12.3 Å². The molecule has 0 saturated carbocycles. The average Bonchev–Trinajstić information content (AvgIpc) is 2.25. The van der Waals surface area contributed by atoms with Gasteiger partial charge in [0, 0.05) is 13.0 Å². The van der Waals surface area contributed by atoms with Gasteiger partial charge >= 0.3 is 0 Å². The van der Waals surface area contributed by atoms with Gasteiger partial charge in [-0.05, 0) is 18.4 Å². The smallest absolute Gasteiger partial charge is 0.179 e. The largest absolute Gasteiger partial charge is 0.382 e. The third kappa shape index (κ3) is 1.09. The second-order valence-corrected chi connectivity index (χ2v) is 2.94. The minimum absolute atomic E-state index is 0.284. The molecule has 0 amide bonds. The first kappa shape index (κ1) is 6.65. The predicted molar refractivity (Wildman–Crippen MR) is 43.0 cm³/mol. The Labute approximate surface area is 66.0 Å². The van der Waals surface area contributed by atoms with Crippen molar-refractivity contribution in [3.05, 3.63) is 23.4 Å². The first-order valence-electron chi connectivity index (χ1n) is 4.05. The van der Waals surface area contributed by atoms with Crippen LogP contribution in [0.1, 0.15) is 19.3 Å². The van der Waals surface area contributed by atoms with Gasteiger partial charge in [0.25, 0.3) is 0 Å². The van der Waals surface area contributed by atoms with Gasteiger partial charge in [-0.2, -0.15) is 0 Å². The Balaban J connectivity index is 2.32. The molecule has 2 aliphatic rings. The third-order valence-corrected chi connectivity index (χ3v) is 2.15. The molecule has 0 saturated heterocycles. The van der Waals surface area contributed by atoms with Crippen LogP contribution in [0.2, 0.25) is 0 Å². The zero-order valence-electron chi connectivity index (χ0n) is 6.39. The van der Waals surface area contributed by atoms with E-state index < -0.39 is 0 Å². The van der Waals surface area contributed by atoms with Crippen LogP contribution in [0.3, 0.4) is 0 Å². The molecule has 0 aromatic heterocycles. The summed E-state index contributed by atoms with van der Waals surface area (Å²) < 4.78 is 0. The molecule has 0 radical (unpaired) electrons. The highest BCUT2D eigenvalue weighted by molar-refractivity contribution is 5.98. The molecule has 0 bridgehead atoms. The second-order valence-electron chi connectivity index (χ2n) is 2.94. The van der Waals surface area contributed by atoms with Crippen LogP contribution in [0.5, 0.6) is 0 Å². The minimum Gasteiger partial charge on any atom is -0.382 e. The van der Waals surface area contributed by atoms with Crippen LogP contribution < -0.4 is 5.32 Å². The molecule has 0 aromatic carbocycles. The molecule has 58 valence electrons. The average molecular weight is 149 g/mol. The maximum Gasteiger partial charge on any atom is 0.179 e. The lowest BCUT2D eigenvalue weighted by Gasteiger charge is -2.02. The maximum absolute atomic E-state index is 11.2. The highest BCUT2D eigenvalue weighted by Crippen LogP contribution is 2.23. The van der Waals surface area contributed by atoms with E-state index in [0.29, 0.717) is 6.42 Å². The van der Waals surface area contributed by atoms with Gasteiger partial charge in [-0.1, -0.05) is 12.2 Å². The zero-order valence-corrected chi connectivity index (χ0v) is 6.39. The molecule has 0 spiro atoms. The minimum atomic E-state index is 0.284. The van der Waals surface area contributed by atoms with Crippen molar-refractivity contribution < 1.29 is 4.79 Å². The van der Waals surface area contributed by atoms with Gasteiger partial charge in [0.05, 0.1) is 5.70 Å². The fourth-order valence-electron chi connectivity index (χ4n) is 1.56. The first-order valence-corrected chi connectivity index (χ1v) is 4.05. The number of hydrogen-bond donors (Lipinski definition) is 1. The van der Waals surface area contributed by atoms with E-state index in [0.717, 1.165) is 25.1 Å². The number of ketones is 1. The fourth-order valence-corrected chi connectivity index (χ4v) is 1.56. The van der Waals surface area contributed by atoms with Gasteiger partial charge in [0.1, 0.15) is 0 Å². The summed E-state index contributed by atoms with van der Waals surface area (Å²) >= 11 is 0. The molecule has 0 aromatic rings. The summed E-state index contributed by atoms with van der Waals surface area (Å²) in [4.78, 5) is 11.2. The summed E-state index contributed by atoms with van der Waals surface area (Å²) in [5.74, 6) is 0.284. The normalized spacial score (nSPS) is 23.1. The van der Waals surface area contributed by atoms with Crippen molar-refractivity contribution in [2.45, 2.75) is 19.3 Å². The molecular formula is C9H11NO. The Hall–Kier alpha value is -1.05. The monoisotopic (exact) mass is 149 g/mol. The third-order valence-electron chi connectivity index (χ3n) is 2.15. The molecule has 0 fully saturated rings. The van der Waals surface area contributed by atoms with Crippen molar-refractivity contribution in [1.29, 1.82) is 0 Å². The SMILES string of the molecule is O=C1CCC2=C1NCCC=C2. The van der Waals surface area contributed by atoms with Crippen LogP contribution in [0.25, 0.3) is 0 Å². The highest BCUT2D eigenvalue weighted by Gasteiger charge is 2.21. The van der Waals surface area contributed by atoms with E-state index in [-0.39, 0.29) is 5.78 Å². The lowest BCUT2D eigenvalue weighted by atomic mass is 10.2. The Morgan fingerprint density at radius 2 is 2.27 bits per heavy atom. The highest BCUT2D eigenvalue weighted by atomic mass is 16.1. The molecule has 2 heteroatoms. The summed E-state index contributed by atoms with van der Waals surface area (Å²) in [6.07, 6.45) is 6.87. The number of rotatable bonds is 0. The Kier molecular flexibility index (Phi) is 1.53. The lowest BCUT2D eigenvalue weighted by Crippen LogP contribution is -2.18. The summed E-state index contributed by atoms with van der Waals surface area (Å²) in [6, 6.07) is 0. The summed E-state index contributed by atoms with van der Waals surface area (Å²) in [5.41, 5.74) is 2.08. The number of hydrogen-bond acceptors (Lipinski definition) is 2. The maximum atomic E-state index is 11.2. The zero-order chi connectivity index (χ0) is 7.68. The van der Waals surface area contributed by atoms with E-state index in [1.54, 1.807) is 0 Å². The van der Waals surface area contributed by atoms with Crippen LogP contribution in [0.4, 0.5) is 0 Å². The van der Waals surface area contributed by atoms with Crippen molar-refractivity contribution in [2.75, 3.05) is 6.54 Å². The molecule has 0 atom stereocenters. The van der Waals surface area contributed by atoms with Crippen LogP contribution in [0, 0.1) is 0 Å². The summed E-state index contributed by atoms with van der Waals surface area (Å²) in [6.45, 7) is 0.904. The number of allylic oxidation sites excluding steroid dienone is 3. The van der Waals surface area contributed by atoms with Crippen molar-refractivity contribution in [1.82, 2.24) is 5.32 Å². The first-order chi connectivity index (χ1) is 5.38. The molecule has 2 rings (SSSR count). The Bertz CT molecular complexity index is 250. The molecule has 1 aliphatic heterocycles. The molecule has 2 nitrogen and oxygen atoms in total. The molecule has 1 N–H and O–H groups in total. The molecule has 11 heavy (non-hydrogen) atoms. The Morgan fingerprint density at radius 1 is 1.36 bits per heavy atom. The van der Waals surface area contributed by atoms with Crippen molar-refractivity contribution in [3.8, 4) is 0 Å². The predicted octanol–water partition coefficient (Wildman–Crippen LogP) is 1.15. The van der Waals surface area contributed by atoms with Crippen molar-refractivity contribution >= 4 is 5.78 Å². The van der Waals surface area contributed by atoms with Crippen molar-refractivity contribution in [3.63, 3.8) is 0 Å². The number of carbonyl (C=O) groups excluding carboxylic acids is 1. The van der Waals surface area contributed by atoms with Crippen LogP contribution in [0.15, 0.2) is 23.4 Å². The van der Waals surface area contributed by atoms with Crippen LogP contribution >= 0.6 is 0 Å². The molecule has 1 heterocycles.